The first kappa shape index (κ1) is 23.9. The van der Waals surface area contributed by atoms with E-state index in [-0.39, 0.29) is 12.3 Å². The van der Waals surface area contributed by atoms with Gasteiger partial charge in [0, 0.05) is 44.0 Å². The number of rotatable bonds is 7. The normalized spacial score (nSPS) is 25.5. The van der Waals surface area contributed by atoms with Crippen LogP contribution < -0.4 is 9.64 Å². The molecule has 34 heavy (non-hydrogen) atoms. The Morgan fingerprint density at radius 3 is 2.65 bits per heavy atom. The number of hydrogen-bond acceptors (Lipinski definition) is 9. The molecule has 2 heterocycles. The molecule has 0 saturated carbocycles. The van der Waals surface area contributed by atoms with Crippen molar-refractivity contribution in [2.24, 2.45) is 0 Å². The molecule has 182 valence electrons. The van der Waals surface area contributed by atoms with E-state index in [1.165, 1.54) is 32.4 Å². The maximum Gasteiger partial charge on any atom is 0.329 e. The van der Waals surface area contributed by atoms with E-state index in [9.17, 15) is 20.0 Å². The van der Waals surface area contributed by atoms with Gasteiger partial charge in [0.05, 0.1) is 17.6 Å². The van der Waals surface area contributed by atoms with Crippen LogP contribution in [0.25, 0.3) is 0 Å². The van der Waals surface area contributed by atoms with Crippen LogP contribution in [0.2, 0.25) is 0 Å². The lowest BCUT2D eigenvalue weighted by atomic mass is 9.83. The maximum atomic E-state index is 13.0. The van der Waals surface area contributed by atoms with E-state index in [4.69, 9.17) is 18.9 Å². The largest absolute Gasteiger partial charge is 0.479 e. The smallest absolute Gasteiger partial charge is 0.329 e. The number of methoxy groups -OCH3 is 2. The molecule has 4 atom stereocenters. The third-order valence-electron chi connectivity index (χ3n) is 6.51. The van der Waals surface area contributed by atoms with E-state index >= 15 is 0 Å². The summed E-state index contributed by atoms with van der Waals surface area (Å²) in [6, 6.07) is 10.1. The van der Waals surface area contributed by atoms with Gasteiger partial charge in [-0.05, 0) is 31.5 Å². The zero-order valence-electron chi connectivity index (χ0n) is 19.5. The number of esters is 1. The molecule has 0 aliphatic carbocycles. The van der Waals surface area contributed by atoms with Crippen molar-refractivity contribution in [3.63, 3.8) is 0 Å². The molecule has 2 aliphatic rings. The minimum absolute atomic E-state index is 0.154. The fourth-order valence-corrected chi connectivity index (χ4v) is 5.00. The molecule has 0 radical (unpaired) electrons. The maximum absolute atomic E-state index is 13.0. The molecule has 0 bridgehead atoms. The third-order valence-corrected chi connectivity index (χ3v) is 6.51. The van der Waals surface area contributed by atoms with Crippen molar-refractivity contribution in [2.75, 3.05) is 25.7 Å². The number of nitro groups is 1. The van der Waals surface area contributed by atoms with Crippen molar-refractivity contribution in [3.8, 4) is 5.75 Å². The van der Waals surface area contributed by atoms with E-state index in [0.29, 0.717) is 17.7 Å². The highest BCUT2D eigenvalue weighted by atomic mass is 16.7. The highest BCUT2D eigenvalue weighted by Gasteiger charge is 2.56. The average molecular weight is 472 g/mol. The minimum Gasteiger partial charge on any atom is -0.479 e. The lowest BCUT2D eigenvalue weighted by Gasteiger charge is -2.50. The first-order chi connectivity index (χ1) is 16.3. The number of carbonyl (C=O) groups is 1. The number of para-hydroxylation sites is 1. The number of benzene rings is 2. The fraction of sp³-hybridized carbons (Fsp3) is 0.458. The number of anilines is 1. The monoisotopic (exact) mass is 472 g/mol. The first-order valence-corrected chi connectivity index (χ1v) is 11.0. The van der Waals surface area contributed by atoms with E-state index < -0.39 is 41.0 Å². The van der Waals surface area contributed by atoms with Gasteiger partial charge in [-0.25, -0.2) is 4.79 Å². The molecule has 2 aromatic carbocycles. The number of carbonyl (C=O) groups excluding carboxylic acids is 1. The van der Waals surface area contributed by atoms with Crippen LogP contribution >= 0.6 is 0 Å². The van der Waals surface area contributed by atoms with Crippen LogP contribution in [-0.4, -0.2) is 60.9 Å². The molecule has 2 aromatic rings. The average Bonchev–Trinajstić information content (AvgIpc) is 3.20. The SMILES string of the molecule is CCOC(=O)[C@@H]1Cc2ccccc2N1[C@H]1c2cc([N+](=O)[O-])ccc2O[C@@](C)(C(OC)OC)[C@@H]1O. The summed E-state index contributed by atoms with van der Waals surface area (Å²) in [5.74, 6) is -0.115. The molecule has 0 saturated heterocycles. The molecular formula is C24H28N2O8. The van der Waals surface area contributed by atoms with Crippen LogP contribution in [-0.2, 0) is 25.4 Å². The minimum atomic E-state index is -1.39. The molecule has 10 nitrogen and oxygen atoms in total. The second-order valence-electron chi connectivity index (χ2n) is 8.47. The van der Waals surface area contributed by atoms with E-state index in [1.807, 2.05) is 24.3 Å². The van der Waals surface area contributed by atoms with Gasteiger partial charge in [0.15, 0.2) is 11.9 Å². The van der Waals surface area contributed by atoms with Crippen LogP contribution in [0.5, 0.6) is 5.75 Å². The summed E-state index contributed by atoms with van der Waals surface area (Å²) in [6.45, 7) is 3.57. The summed E-state index contributed by atoms with van der Waals surface area (Å²) in [6.07, 6.45) is -1.89. The molecule has 0 fully saturated rings. The lowest BCUT2D eigenvalue weighted by Crippen LogP contribution is -2.63. The van der Waals surface area contributed by atoms with Crippen LogP contribution in [0.15, 0.2) is 42.5 Å². The number of fused-ring (bicyclic) bond motifs is 2. The van der Waals surface area contributed by atoms with Gasteiger partial charge in [-0.2, -0.15) is 0 Å². The Kier molecular flexibility index (Phi) is 6.48. The molecule has 2 aliphatic heterocycles. The Morgan fingerprint density at radius 2 is 2.00 bits per heavy atom. The van der Waals surface area contributed by atoms with E-state index in [2.05, 4.69) is 0 Å². The molecule has 10 heteroatoms. The zero-order chi connectivity index (χ0) is 24.6. The molecule has 0 unspecified atom stereocenters. The molecular weight excluding hydrogens is 444 g/mol. The predicted octanol–water partition coefficient (Wildman–Crippen LogP) is 2.76. The van der Waals surface area contributed by atoms with E-state index in [0.717, 1.165) is 11.3 Å². The highest BCUT2D eigenvalue weighted by Crippen LogP contribution is 2.50. The Morgan fingerprint density at radius 1 is 1.29 bits per heavy atom. The molecule has 0 spiro atoms. The summed E-state index contributed by atoms with van der Waals surface area (Å²) in [4.78, 5) is 25.9. The predicted molar refractivity (Wildman–Crippen MR) is 122 cm³/mol. The quantitative estimate of drug-likeness (QED) is 0.281. The van der Waals surface area contributed by atoms with Gasteiger partial charge in [-0.1, -0.05) is 18.2 Å². The van der Waals surface area contributed by atoms with Crippen LogP contribution in [0.1, 0.15) is 31.0 Å². The van der Waals surface area contributed by atoms with Crippen molar-refractivity contribution in [1.82, 2.24) is 0 Å². The van der Waals surface area contributed by atoms with Crippen molar-refractivity contribution < 1.29 is 33.8 Å². The van der Waals surface area contributed by atoms with Crippen LogP contribution in [0.3, 0.4) is 0 Å². The summed E-state index contributed by atoms with van der Waals surface area (Å²) in [5, 5.41) is 23.3. The number of aliphatic hydroxyl groups is 1. The number of ether oxygens (including phenoxy) is 4. The van der Waals surface area contributed by atoms with Gasteiger partial charge in [0.2, 0.25) is 0 Å². The Balaban J connectivity index is 1.93. The summed E-state index contributed by atoms with van der Waals surface area (Å²) in [5.41, 5.74) is 0.476. The molecule has 4 rings (SSSR count). The summed E-state index contributed by atoms with van der Waals surface area (Å²) >= 11 is 0. The van der Waals surface area contributed by atoms with Crippen LogP contribution in [0.4, 0.5) is 11.4 Å². The van der Waals surface area contributed by atoms with Crippen molar-refractivity contribution >= 4 is 17.3 Å². The Hall–Kier alpha value is -3.21. The van der Waals surface area contributed by atoms with Crippen molar-refractivity contribution in [2.45, 2.75) is 50.3 Å². The molecule has 0 amide bonds. The number of nitrogens with zero attached hydrogens (tertiary/aromatic N) is 2. The molecule has 0 aromatic heterocycles. The van der Waals surface area contributed by atoms with Crippen LogP contribution in [0, 0.1) is 10.1 Å². The number of hydrogen-bond donors (Lipinski definition) is 1. The topological polar surface area (TPSA) is 121 Å². The number of nitro benzene ring substituents is 1. The standard InChI is InChI=1S/C24H28N2O8/c1-5-33-22(28)18-12-14-8-6-7-9-17(14)25(18)20-16-13-15(26(29)30)10-11-19(16)34-24(2,21(20)27)23(31-3)32-4/h6-11,13,18,20-21,23,27H,5,12H2,1-4H3/t18-,20-,21+,24+/m0/s1. The lowest BCUT2D eigenvalue weighted by molar-refractivity contribution is -0.385. The second kappa shape index (κ2) is 9.21. The van der Waals surface area contributed by atoms with Gasteiger partial charge in [0.1, 0.15) is 17.9 Å². The number of non-ortho nitro benzene ring substituents is 1. The van der Waals surface area contributed by atoms with Gasteiger partial charge in [-0.15, -0.1) is 0 Å². The number of aliphatic hydroxyl groups excluding tert-OH is 1. The van der Waals surface area contributed by atoms with Crippen molar-refractivity contribution in [1.29, 1.82) is 0 Å². The molecule has 1 N–H and O–H groups in total. The third kappa shape index (κ3) is 3.77. The van der Waals surface area contributed by atoms with Gasteiger partial charge < -0.3 is 29.0 Å². The Labute approximate surface area is 197 Å². The summed E-state index contributed by atoms with van der Waals surface area (Å²) < 4.78 is 22.4. The van der Waals surface area contributed by atoms with Gasteiger partial charge in [0.25, 0.3) is 5.69 Å². The fourth-order valence-electron chi connectivity index (χ4n) is 5.00. The highest BCUT2D eigenvalue weighted by molar-refractivity contribution is 5.84. The van der Waals surface area contributed by atoms with Crippen molar-refractivity contribution in [3.05, 3.63) is 63.7 Å². The zero-order valence-corrected chi connectivity index (χ0v) is 19.5. The first-order valence-electron chi connectivity index (χ1n) is 11.0. The van der Waals surface area contributed by atoms with E-state index in [1.54, 1.807) is 18.7 Å². The van der Waals surface area contributed by atoms with Gasteiger partial charge >= 0.3 is 5.97 Å². The summed E-state index contributed by atoms with van der Waals surface area (Å²) in [7, 11) is 2.87. The van der Waals surface area contributed by atoms with Gasteiger partial charge in [-0.3, -0.25) is 10.1 Å². The Bertz CT molecular complexity index is 1090. The second-order valence-corrected chi connectivity index (χ2v) is 8.47.